The number of nitrogens with zero attached hydrogens (tertiary/aromatic N) is 2. The van der Waals surface area contributed by atoms with Crippen molar-refractivity contribution in [1.82, 2.24) is 15.0 Å². The number of imidazole rings is 1. The first kappa shape index (κ1) is 18.5. The van der Waals surface area contributed by atoms with Crippen molar-refractivity contribution < 1.29 is 4.79 Å². The highest BCUT2D eigenvalue weighted by atomic mass is 32.2. The number of pyridine rings is 1. The van der Waals surface area contributed by atoms with Crippen molar-refractivity contribution in [3.63, 3.8) is 0 Å². The van der Waals surface area contributed by atoms with E-state index in [0.29, 0.717) is 11.4 Å². The number of nitrogen functional groups attached to an aromatic ring is 1. The van der Waals surface area contributed by atoms with Crippen LogP contribution < -0.4 is 5.73 Å². The van der Waals surface area contributed by atoms with Crippen LogP contribution in [-0.2, 0) is 12.8 Å². The number of benzene rings is 1. The van der Waals surface area contributed by atoms with Crippen LogP contribution in [0.3, 0.4) is 0 Å². The van der Waals surface area contributed by atoms with Gasteiger partial charge in [-0.2, -0.15) is 0 Å². The number of aldehydes is 1. The van der Waals surface area contributed by atoms with E-state index in [4.69, 9.17) is 5.73 Å². The lowest BCUT2D eigenvalue weighted by atomic mass is 10.1. The number of carbonyl (C=O) groups excluding carboxylic acids is 1. The molecule has 2 heterocycles. The number of hydrogen-bond acceptors (Lipinski definition) is 5. The first-order chi connectivity index (χ1) is 12.6. The molecule has 0 unspecified atom stereocenters. The summed E-state index contributed by atoms with van der Waals surface area (Å²) in [7, 11) is 0. The van der Waals surface area contributed by atoms with E-state index < -0.39 is 0 Å². The Kier molecular flexibility index (Phi) is 5.93. The van der Waals surface area contributed by atoms with Crippen molar-refractivity contribution in [3.05, 3.63) is 46.9 Å². The lowest BCUT2D eigenvalue weighted by molar-refractivity contribution is 0.112. The van der Waals surface area contributed by atoms with Crippen LogP contribution in [-0.4, -0.2) is 27.0 Å². The molecule has 26 heavy (non-hydrogen) atoms. The fourth-order valence-corrected chi connectivity index (χ4v) is 4.00. The van der Waals surface area contributed by atoms with Gasteiger partial charge in [-0.3, -0.25) is 4.79 Å². The first-order valence-corrected chi connectivity index (χ1v) is 9.92. The number of nitrogens with one attached hydrogen (secondary N) is 1. The predicted octanol–water partition coefficient (Wildman–Crippen LogP) is 4.34. The van der Waals surface area contributed by atoms with Crippen molar-refractivity contribution in [1.29, 1.82) is 0 Å². The van der Waals surface area contributed by atoms with Crippen LogP contribution in [0, 0.1) is 6.92 Å². The second kappa shape index (κ2) is 8.36. The van der Waals surface area contributed by atoms with Crippen LogP contribution in [0.5, 0.6) is 0 Å². The minimum absolute atomic E-state index is 0.491. The third-order valence-corrected chi connectivity index (χ3v) is 5.56. The van der Waals surface area contributed by atoms with E-state index in [-0.39, 0.29) is 0 Å². The fourth-order valence-electron chi connectivity index (χ4n) is 2.91. The molecule has 0 saturated heterocycles. The molecule has 0 amide bonds. The normalized spacial score (nSPS) is 11.2. The number of unbranched alkanes of at least 4 members (excludes halogenated alkanes) is 1. The summed E-state index contributed by atoms with van der Waals surface area (Å²) in [5.41, 5.74) is 10.7. The molecule has 0 saturated carbocycles. The molecular formula is C20H24N4OS. The first-order valence-electron chi connectivity index (χ1n) is 8.94. The number of thioether (sulfide) groups is 1. The Balaban J connectivity index is 1.77. The molecular weight excluding hydrogens is 344 g/mol. The molecule has 136 valence electrons. The smallest absolute Gasteiger partial charge is 0.151 e. The molecule has 0 aliphatic carbocycles. The Morgan fingerprint density at radius 3 is 2.65 bits per heavy atom. The van der Waals surface area contributed by atoms with Gasteiger partial charge in [0.1, 0.15) is 17.6 Å². The third kappa shape index (κ3) is 4.07. The number of hydrogen-bond donors (Lipinski definition) is 2. The Hall–Kier alpha value is -2.34. The monoisotopic (exact) mass is 368 g/mol. The largest absolute Gasteiger partial charge is 0.382 e. The summed E-state index contributed by atoms with van der Waals surface area (Å²) < 4.78 is 0. The van der Waals surface area contributed by atoms with Gasteiger partial charge in [-0.25, -0.2) is 9.97 Å². The van der Waals surface area contributed by atoms with Crippen LogP contribution in [0.1, 0.15) is 47.2 Å². The number of aromatic amines is 1. The Morgan fingerprint density at radius 1 is 1.19 bits per heavy atom. The van der Waals surface area contributed by atoms with Gasteiger partial charge in [0, 0.05) is 17.7 Å². The minimum Gasteiger partial charge on any atom is -0.382 e. The lowest BCUT2D eigenvalue weighted by Gasteiger charge is -2.08. The number of anilines is 1. The van der Waals surface area contributed by atoms with Gasteiger partial charge < -0.3 is 10.7 Å². The van der Waals surface area contributed by atoms with E-state index in [9.17, 15) is 4.79 Å². The number of rotatable bonds is 8. The molecule has 0 fully saturated rings. The van der Waals surface area contributed by atoms with Crippen LogP contribution in [0.25, 0.3) is 11.0 Å². The van der Waals surface area contributed by atoms with Crippen molar-refractivity contribution in [2.24, 2.45) is 0 Å². The van der Waals surface area contributed by atoms with E-state index in [0.717, 1.165) is 65.2 Å². The van der Waals surface area contributed by atoms with Gasteiger partial charge in [0.2, 0.25) is 0 Å². The Labute approximate surface area is 157 Å². The fraction of sp³-hybridized carbons (Fsp3) is 0.350. The lowest BCUT2D eigenvalue weighted by Crippen LogP contribution is -1.98. The summed E-state index contributed by atoms with van der Waals surface area (Å²) in [6.45, 7) is 4.16. The summed E-state index contributed by atoms with van der Waals surface area (Å²) in [5.74, 6) is 2.39. The topological polar surface area (TPSA) is 84.7 Å². The van der Waals surface area contributed by atoms with E-state index >= 15 is 0 Å². The molecule has 3 aromatic rings. The number of fused-ring (bicyclic) bond motifs is 1. The molecule has 3 rings (SSSR count). The maximum Gasteiger partial charge on any atom is 0.151 e. The Bertz CT molecular complexity index is 902. The highest BCUT2D eigenvalue weighted by Gasteiger charge is 2.15. The minimum atomic E-state index is 0.491. The summed E-state index contributed by atoms with van der Waals surface area (Å²) in [6.07, 6.45) is 4.95. The quantitative estimate of drug-likeness (QED) is 0.456. The van der Waals surface area contributed by atoms with E-state index in [2.05, 4.69) is 21.9 Å². The molecule has 5 nitrogen and oxygen atoms in total. The van der Waals surface area contributed by atoms with E-state index in [1.165, 1.54) is 5.56 Å². The van der Waals surface area contributed by atoms with Gasteiger partial charge in [0.25, 0.3) is 0 Å². The molecule has 0 aliphatic rings. The maximum absolute atomic E-state index is 10.7. The van der Waals surface area contributed by atoms with E-state index in [1.807, 2.05) is 31.2 Å². The zero-order valence-electron chi connectivity index (χ0n) is 15.2. The van der Waals surface area contributed by atoms with Gasteiger partial charge in [-0.05, 0) is 25.3 Å². The average molecular weight is 369 g/mol. The highest BCUT2D eigenvalue weighted by Crippen LogP contribution is 2.32. The van der Waals surface area contributed by atoms with Crippen molar-refractivity contribution in [2.75, 3.05) is 11.5 Å². The van der Waals surface area contributed by atoms with Crippen LogP contribution >= 0.6 is 11.8 Å². The molecule has 0 aliphatic heterocycles. The molecule has 0 radical (unpaired) electrons. The molecule has 2 aromatic heterocycles. The number of H-pyrrole nitrogens is 1. The van der Waals surface area contributed by atoms with Gasteiger partial charge in [-0.1, -0.05) is 37.6 Å². The molecule has 6 heteroatoms. The summed E-state index contributed by atoms with van der Waals surface area (Å²) in [5, 5.41) is 0. The summed E-state index contributed by atoms with van der Waals surface area (Å²) in [4.78, 5) is 24.4. The third-order valence-electron chi connectivity index (χ3n) is 4.36. The molecule has 3 N–H and O–H groups in total. The zero-order valence-corrected chi connectivity index (χ0v) is 16.0. The van der Waals surface area contributed by atoms with Crippen molar-refractivity contribution in [2.45, 2.75) is 44.4 Å². The maximum atomic E-state index is 10.7. The summed E-state index contributed by atoms with van der Waals surface area (Å²) >= 11 is 1.77. The SMILES string of the molecule is CCCCc1nc2c(N)nc(C)c(SCCc3ccc(C=O)cc3)c2[nH]1. The standard InChI is InChI=1S/C20H24N4OS/c1-3-4-5-16-23-17-18(24-16)20(21)22-13(2)19(17)26-11-10-14-6-8-15(12-25)9-7-14/h6-9,12H,3-5,10-11H2,1-2H3,(H2,21,22)(H,23,24). The molecule has 0 spiro atoms. The van der Waals surface area contributed by atoms with Gasteiger partial charge in [0.15, 0.2) is 5.82 Å². The number of nitrogens with two attached hydrogens (primary N) is 1. The highest BCUT2D eigenvalue weighted by molar-refractivity contribution is 7.99. The van der Waals surface area contributed by atoms with Crippen molar-refractivity contribution in [3.8, 4) is 0 Å². The predicted molar refractivity (Wildman–Crippen MR) is 108 cm³/mol. The number of aromatic nitrogens is 3. The van der Waals surface area contributed by atoms with Crippen LogP contribution in [0.4, 0.5) is 5.82 Å². The number of carbonyl (C=O) groups is 1. The van der Waals surface area contributed by atoms with Gasteiger partial charge in [-0.15, -0.1) is 11.8 Å². The second-order valence-corrected chi connectivity index (χ2v) is 7.49. The molecule has 0 atom stereocenters. The van der Waals surface area contributed by atoms with Crippen LogP contribution in [0.15, 0.2) is 29.2 Å². The molecule has 0 bridgehead atoms. The van der Waals surface area contributed by atoms with Gasteiger partial charge in [0.05, 0.1) is 16.1 Å². The number of aryl methyl sites for hydroxylation is 3. The zero-order chi connectivity index (χ0) is 18.5. The van der Waals surface area contributed by atoms with E-state index in [1.54, 1.807) is 11.8 Å². The van der Waals surface area contributed by atoms with Gasteiger partial charge >= 0.3 is 0 Å². The Morgan fingerprint density at radius 2 is 1.96 bits per heavy atom. The van der Waals surface area contributed by atoms with Crippen molar-refractivity contribution >= 4 is 34.9 Å². The summed E-state index contributed by atoms with van der Waals surface area (Å²) in [6, 6.07) is 7.73. The molecule has 1 aromatic carbocycles. The second-order valence-electron chi connectivity index (χ2n) is 6.38. The average Bonchev–Trinajstić information content (AvgIpc) is 3.08. The van der Waals surface area contributed by atoms with Crippen LogP contribution in [0.2, 0.25) is 0 Å².